The van der Waals surface area contributed by atoms with E-state index < -0.39 is 0 Å². The van der Waals surface area contributed by atoms with E-state index in [9.17, 15) is 9.59 Å². The number of carbonyl (C=O) groups is 2. The van der Waals surface area contributed by atoms with Crippen molar-refractivity contribution in [1.82, 2.24) is 10.2 Å². The second kappa shape index (κ2) is 8.59. The average Bonchev–Trinajstić information content (AvgIpc) is 3.10. The zero-order valence-corrected chi connectivity index (χ0v) is 14.9. The minimum absolute atomic E-state index is 0.0901. The monoisotopic (exact) mass is 346 g/mol. The lowest BCUT2D eigenvalue weighted by atomic mass is 10.1. The molecule has 24 heavy (non-hydrogen) atoms. The molecular formula is C18H22N2O3S. The van der Waals surface area contributed by atoms with Crippen LogP contribution in [0, 0.1) is 0 Å². The molecule has 1 aromatic carbocycles. The van der Waals surface area contributed by atoms with Crippen molar-refractivity contribution < 1.29 is 14.0 Å². The van der Waals surface area contributed by atoms with Crippen LogP contribution in [0.3, 0.4) is 0 Å². The van der Waals surface area contributed by atoms with Crippen molar-refractivity contribution in [1.29, 1.82) is 0 Å². The number of hydrogen-bond donors (Lipinski definition) is 1. The minimum atomic E-state index is -0.143. The van der Waals surface area contributed by atoms with Gasteiger partial charge in [-0.3, -0.25) is 9.59 Å². The maximum atomic E-state index is 12.2. The molecule has 1 N–H and O–H groups in total. The Kier molecular flexibility index (Phi) is 6.49. The minimum Gasteiger partial charge on any atom is -0.467 e. The molecule has 0 saturated heterocycles. The number of benzene rings is 1. The third-order valence-corrected chi connectivity index (χ3v) is 4.68. The summed E-state index contributed by atoms with van der Waals surface area (Å²) in [6.45, 7) is 2.26. The van der Waals surface area contributed by atoms with E-state index in [1.165, 1.54) is 0 Å². The second-order valence-corrected chi connectivity index (χ2v) is 6.98. The number of rotatable bonds is 7. The van der Waals surface area contributed by atoms with Gasteiger partial charge >= 0.3 is 0 Å². The van der Waals surface area contributed by atoms with Crippen molar-refractivity contribution >= 4 is 23.6 Å². The van der Waals surface area contributed by atoms with E-state index in [1.807, 2.05) is 31.2 Å². The Hall–Kier alpha value is -2.21. The van der Waals surface area contributed by atoms with Crippen LogP contribution in [0.5, 0.6) is 0 Å². The van der Waals surface area contributed by atoms with E-state index in [4.69, 9.17) is 4.42 Å². The van der Waals surface area contributed by atoms with Gasteiger partial charge in [-0.25, -0.2) is 0 Å². The molecule has 0 bridgehead atoms. The molecule has 2 amide bonds. The van der Waals surface area contributed by atoms with E-state index in [2.05, 4.69) is 5.32 Å². The zero-order valence-electron chi connectivity index (χ0n) is 14.1. The van der Waals surface area contributed by atoms with Crippen LogP contribution in [0.25, 0.3) is 0 Å². The summed E-state index contributed by atoms with van der Waals surface area (Å²) < 4.78 is 5.20. The van der Waals surface area contributed by atoms with Gasteiger partial charge in [-0.15, -0.1) is 11.8 Å². The topological polar surface area (TPSA) is 62.6 Å². The van der Waals surface area contributed by atoms with Crippen molar-refractivity contribution in [3.05, 3.63) is 59.5 Å². The smallest absolute Gasteiger partial charge is 0.251 e. The third kappa shape index (κ3) is 5.16. The van der Waals surface area contributed by atoms with Gasteiger partial charge < -0.3 is 14.6 Å². The van der Waals surface area contributed by atoms with Crippen LogP contribution in [-0.4, -0.2) is 36.1 Å². The van der Waals surface area contributed by atoms with Crippen LogP contribution < -0.4 is 5.32 Å². The Labute approximate surface area is 146 Å². The molecule has 1 unspecified atom stereocenters. The van der Waals surface area contributed by atoms with Crippen molar-refractivity contribution in [2.24, 2.45) is 0 Å². The van der Waals surface area contributed by atoms with Gasteiger partial charge in [-0.2, -0.15) is 0 Å². The second-order valence-electron chi connectivity index (χ2n) is 5.65. The predicted molar refractivity (Wildman–Crippen MR) is 95.8 cm³/mol. The molecule has 0 fully saturated rings. The van der Waals surface area contributed by atoms with Crippen LogP contribution in [0.15, 0.2) is 47.1 Å². The fourth-order valence-corrected chi connectivity index (χ4v) is 3.12. The first-order valence-corrected chi connectivity index (χ1v) is 8.74. The molecule has 2 rings (SSSR count). The SMILES string of the molecule is CC(SCc1cccc(C(=O)NCc2ccco2)c1)C(=O)N(C)C. The lowest BCUT2D eigenvalue weighted by molar-refractivity contribution is -0.127. The van der Waals surface area contributed by atoms with Gasteiger partial charge in [-0.1, -0.05) is 12.1 Å². The molecule has 0 aliphatic heterocycles. The number of furan rings is 1. The first kappa shape index (κ1) is 18.1. The van der Waals surface area contributed by atoms with Gasteiger partial charge in [0.15, 0.2) is 0 Å². The molecular weight excluding hydrogens is 324 g/mol. The third-order valence-electron chi connectivity index (χ3n) is 3.48. The van der Waals surface area contributed by atoms with E-state index >= 15 is 0 Å². The molecule has 0 radical (unpaired) electrons. The summed E-state index contributed by atoms with van der Waals surface area (Å²) in [5.41, 5.74) is 1.62. The Bertz CT molecular complexity index is 683. The summed E-state index contributed by atoms with van der Waals surface area (Å²) in [5, 5.41) is 2.71. The summed E-state index contributed by atoms with van der Waals surface area (Å²) in [7, 11) is 3.51. The number of hydrogen-bond acceptors (Lipinski definition) is 4. The first-order chi connectivity index (χ1) is 11.5. The molecule has 128 valence electrons. The summed E-state index contributed by atoms with van der Waals surface area (Å²) in [4.78, 5) is 25.7. The van der Waals surface area contributed by atoms with Gasteiger partial charge in [0.25, 0.3) is 5.91 Å². The number of nitrogens with zero attached hydrogens (tertiary/aromatic N) is 1. The molecule has 5 nitrogen and oxygen atoms in total. The van der Waals surface area contributed by atoms with Crippen molar-refractivity contribution in [3.8, 4) is 0 Å². The highest BCUT2D eigenvalue weighted by molar-refractivity contribution is 7.99. The number of carbonyl (C=O) groups excluding carboxylic acids is 2. The van der Waals surface area contributed by atoms with Crippen molar-refractivity contribution in [2.45, 2.75) is 24.5 Å². The van der Waals surface area contributed by atoms with E-state index in [0.717, 1.165) is 5.56 Å². The van der Waals surface area contributed by atoms with Crippen LogP contribution in [0.2, 0.25) is 0 Å². The van der Waals surface area contributed by atoms with Gasteiger partial charge in [0.1, 0.15) is 5.76 Å². The molecule has 0 aliphatic carbocycles. The fraction of sp³-hybridized carbons (Fsp3) is 0.333. The molecule has 0 aliphatic rings. The Morgan fingerprint density at radius 3 is 2.71 bits per heavy atom. The number of thioether (sulfide) groups is 1. The lowest BCUT2D eigenvalue weighted by Gasteiger charge is -2.16. The highest BCUT2D eigenvalue weighted by Gasteiger charge is 2.15. The number of nitrogens with one attached hydrogen (secondary N) is 1. The fourth-order valence-electron chi connectivity index (χ4n) is 2.14. The normalized spacial score (nSPS) is 11.8. The van der Waals surface area contributed by atoms with Gasteiger partial charge in [0.05, 0.1) is 18.1 Å². The maximum Gasteiger partial charge on any atom is 0.251 e. The Morgan fingerprint density at radius 1 is 1.25 bits per heavy atom. The molecule has 0 saturated carbocycles. The largest absolute Gasteiger partial charge is 0.467 e. The molecule has 1 heterocycles. The van der Waals surface area contributed by atoms with Gasteiger partial charge in [-0.05, 0) is 36.8 Å². The van der Waals surface area contributed by atoms with Crippen molar-refractivity contribution in [2.75, 3.05) is 14.1 Å². The molecule has 1 atom stereocenters. The average molecular weight is 346 g/mol. The summed E-state index contributed by atoms with van der Waals surface area (Å²) in [6, 6.07) is 11.1. The Balaban J connectivity index is 1.90. The summed E-state index contributed by atoms with van der Waals surface area (Å²) >= 11 is 1.56. The van der Waals surface area contributed by atoms with E-state index in [-0.39, 0.29) is 17.1 Å². The Morgan fingerprint density at radius 2 is 2.04 bits per heavy atom. The standard InChI is InChI=1S/C18H22N2O3S/c1-13(18(22)20(2)3)24-12-14-6-4-7-15(10-14)17(21)19-11-16-8-5-9-23-16/h4-10,13H,11-12H2,1-3H3,(H,19,21). The lowest BCUT2D eigenvalue weighted by Crippen LogP contribution is -2.29. The highest BCUT2D eigenvalue weighted by Crippen LogP contribution is 2.19. The molecule has 0 spiro atoms. The predicted octanol–water partition coefficient (Wildman–Crippen LogP) is 2.92. The van der Waals surface area contributed by atoms with Crippen LogP contribution >= 0.6 is 11.8 Å². The number of amides is 2. The van der Waals surface area contributed by atoms with Crippen LogP contribution in [-0.2, 0) is 17.1 Å². The van der Waals surface area contributed by atoms with E-state index in [1.54, 1.807) is 49.2 Å². The molecule has 2 aromatic rings. The first-order valence-electron chi connectivity index (χ1n) is 7.69. The van der Waals surface area contributed by atoms with Gasteiger partial charge in [0, 0.05) is 25.4 Å². The maximum absolute atomic E-state index is 12.2. The molecule has 1 aromatic heterocycles. The summed E-state index contributed by atoms with van der Waals surface area (Å²) in [5.74, 6) is 1.34. The highest BCUT2D eigenvalue weighted by atomic mass is 32.2. The van der Waals surface area contributed by atoms with Crippen molar-refractivity contribution in [3.63, 3.8) is 0 Å². The van der Waals surface area contributed by atoms with Crippen LogP contribution in [0.1, 0.15) is 28.6 Å². The quantitative estimate of drug-likeness (QED) is 0.837. The van der Waals surface area contributed by atoms with E-state index in [0.29, 0.717) is 23.6 Å². The zero-order chi connectivity index (χ0) is 17.5. The van der Waals surface area contributed by atoms with Gasteiger partial charge in [0.2, 0.25) is 5.91 Å². The van der Waals surface area contributed by atoms with Crippen LogP contribution in [0.4, 0.5) is 0 Å². The summed E-state index contributed by atoms with van der Waals surface area (Å²) in [6.07, 6.45) is 1.58. The molecule has 6 heteroatoms.